The third kappa shape index (κ3) is 3.54. The number of benzene rings is 1. The van der Waals surface area contributed by atoms with Gasteiger partial charge < -0.3 is 5.32 Å². The third-order valence-electron chi connectivity index (χ3n) is 2.62. The highest BCUT2D eigenvalue weighted by Gasteiger charge is 2.08. The second-order valence-electron chi connectivity index (χ2n) is 3.92. The number of hydrogen-bond donors (Lipinski definition) is 1. The molecule has 0 radical (unpaired) electrons. The van der Waals surface area contributed by atoms with Crippen LogP contribution in [0.1, 0.15) is 23.7 Å². The van der Waals surface area contributed by atoms with E-state index in [4.69, 9.17) is 0 Å². The van der Waals surface area contributed by atoms with Gasteiger partial charge in [0.2, 0.25) is 0 Å². The average Bonchev–Trinajstić information content (AvgIpc) is 2.86. The first-order valence-electron chi connectivity index (χ1n) is 5.69. The van der Waals surface area contributed by atoms with E-state index in [1.165, 1.54) is 12.1 Å². The zero-order valence-corrected chi connectivity index (χ0v) is 11.9. The average molecular weight is 282 g/mol. The molecule has 96 valence electrons. The Kier molecular flexibility index (Phi) is 4.74. The highest BCUT2D eigenvalue weighted by atomic mass is 32.2. The summed E-state index contributed by atoms with van der Waals surface area (Å²) in [5.41, 5.74) is 1.08. The van der Waals surface area contributed by atoms with Crippen LogP contribution in [0.4, 0.5) is 4.39 Å². The van der Waals surface area contributed by atoms with Crippen molar-refractivity contribution in [1.29, 1.82) is 0 Å². The molecule has 18 heavy (non-hydrogen) atoms. The van der Waals surface area contributed by atoms with Gasteiger partial charge in [-0.3, -0.25) is 0 Å². The number of halogens is 1. The topological polar surface area (TPSA) is 24.9 Å². The standard InChI is InChI=1S/C13H15FN2S2/c1-9(15-2)12-7-18-13(16-12)8-17-11-5-3-10(14)4-6-11/h3-7,9,15H,8H2,1-2H3. The molecule has 2 nitrogen and oxygen atoms in total. The minimum absolute atomic E-state index is 0.196. The van der Waals surface area contributed by atoms with Gasteiger partial charge in [-0.25, -0.2) is 9.37 Å². The van der Waals surface area contributed by atoms with Crippen molar-refractivity contribution < 1.29 is 4.39 Å². The van der Waals surface area contributed by atoms with E-state index < -0.39 is 0 Å². The molecule has 0 amide bonds. The Bertz CT molecular complexity index is 496. The molecule has 0 saturated heterocycles. The molecule has 0 spiro atoms. The molecule has 1 aromatic carbocycles. The zero-order valence-electron chi connectivity index (χ0n) is 10.3. The van der Waals surface area contributed by atoms with Crippen LogP contribution in [0.5, 0.6) is 0 Å². The molecule has 0 aliphatic heterocycles. The smallest absolute Gasteiger partial charge is 0.123 e. The Hall–Kier alpha value is -0.910. The lowest BCUT2D eigenvalue weighted by atomic mass is 10.3. The van der Waals surface area contributed by atoms with Gasteiger partial charge in [0.15, 0.2) is 0 Å². The van der Waals surface area contributed by atoms with Crippen molar-refractivity contribution in [3.8, 4) is 0 Å². The number of nitrogens with zero attached hydrogens (tertiary/aromatic N) is 1. The summed E-state index contributed by atoms with van der Waals surface area (Å²) in [6, 6.07) is 6.85. The maximum absolute atomic E-state index is 12.8. The molecule has 0 saturated carbocycles. The van der Waals surface area contributed by atoms with Crippen molar-refractivity contribution in [3.63, 3.8) is 0 Å². The van der Waals surface area contributed by atoms with E-state index in [-0.39, 0.29) is 11.9 Å². The summed E-state index contributed by atoms with van der Waals surface area (Å²) >= 11 is 3.35. The molecule has 5 heteroatoms. The van der Waals surface area contributed by atoms with Crippen LogP contribution in [0.2, 0.25) is 0 Å². The molecule has 1 heterocycles. The fourth-order valence-electron chi connectivity index (χ4n) is 1.41. The molecular weight excluding hydrogens is 267 g/mol. The van der Waals surface area contributed by atoms with E-state index in [1.54, 1.807) is 35.2 Å². The van der Waals surface area contributed by atoms with Crippen molar-refractivity contribution in [3.05, 3.63) is 46.2 Å². The second kappa shape index (κ2) is 6.31. The second-order valence-corrected chi connectivity index (χ2v) is 5.91. The number of hydrogen-bond acceptors (Lipinski definition) is 4. The quantitative estimate of drug-likeness (QED) is 0.843. The largest absolute Gasteiger partial charge is 0.312 e. The lowest BCUT2D eigenvalue weighted by Crippen LogP contribution is -2.12. The number of rotatable bonds is 5. The fraction of sp³-hybridized carbons (Fsp3) is 0.308. The predicted molar refractivity (Wildman–Crippen MR) is 75.5 cm³/mol. The molecule has 1 atom stereocenters. The normalized spacial score (nSPS) is 12.6. The maximum Gasteiger partial charge on any atom is 0.123 e. The molecule has 0 aliphatic rings. The van der Waals surface area contributed by atoms with Crippen LogP contribution >= 0.6 is 23.1 Å². The Labute approximate surface area is 115 Å². The van der Waals surface area contributed by atoms with E-state index in [0.29, 0.717) is 0 Å². The lowest BCUT2D eigenvalue weighted by molar-refractivity contribution is 0.626. The van der Waals surface area contributed by atoms with Crippen LogP contribution in [0.15, 0.2) is 34.5 Å². The Balaban J connectivity index is 1.94. The van der Waals surface area contributed by atoms with E-state index in [1.807, 2.05) is 7.05 Å². The van der Waals surface area contributed by atoms with Gasteiger partial charge >= 0.3 is 0 Å². The minimum Gasteiger partial charge on any atom is -0.312 e. The summed E-state index contributed by atoms with van der Waals surface area (Å²) in [6.07, 6.45) is 0. The summed E-state index contributed by atoms with van der Waals surface area (Å²) in [4.78, 5) is 5.64. The number of aromatic nitrogens is 1. The van der Waals surface area contributed by atoms with Crippen molar-refractivity contribution in [2.45, 2.75) is 23.6 Å². The van der Waals surface area contributed by atoms with E-state index in [2.05, 4.69) is 22.6 Å². The van der Waals surface area contributed by atoms with E-state index in [9.17, 15) is 4.39 Å². The van der Waals surface area contributed by atoms with Crippen LogP contribution in [0.25, 0.3) is 0 Å². The van der Waals surface area contributed by atoms with Gasteiger partial charge in [-0.15, -0.1) is 23.1 Å². The molecular formula is C13H15FN2S2. The summed E-state index contributed by atoms with van der Waals surface area (Å²) in [6.45, 7) is 2.09. The first-order chi connectivity index (χ1) is 8.69. The van der Waals surface area contributed by atoms with Crippen LogP contribution < -0.4 is 5.32 Å². The van der Waals surface area contributed by atoms with Crippen LogP contribution in [0, 0.1) is 5.82 Å². The van der Waals surface area contributed by atoms with E-state index >= 15 is 0 Å². The van der Waals surface area contributed by atoms with Gasteiger partial charge in [0.1, 0.15) is 10.8 Å². The highest BCUT2D eigenvalue weighted by Crippen LogP contribution is 2.25. The van der Waals surface area contributed by atoms with Gasteiger partial charge in [0.05, 0.1) is 11.4 Å². The molecule has 1 N–H and O–H groups in total. The van der Waals surface area contributed by atoms with Gasteiger partial charge in [-0.2, -0.15) is 0 Å². The van der Waals surface area contributed by atoms with Gasteiger partial charge in [-0.05, 0) is 38.2 Å². The molecule has 2 aromatic rings. The summed E-state index contributed by atoms with van der Waals surface area (Å²) in [5.74, 6) is 0.631. The molecule has 1 unspecified atom stereocenters. The Morgan fingerprint density at radius 1 is 1.39 bits per heavy atom. The predicted octanol–water partition coefficient (Wildman–Crippen LogP) is 3.85. The molecule has 2 rings (SSSR count). The molecule has 0 aliphatic carbocycles. The van der Waals surface area contributed by atoms with Crippen molar-refractivity contribution >= 4 is 23.1 Å². The Morgan fingerprint density at radius 2 is 2.11 bits per heavy atom. The van der Waals surface area contributed by atoms with Gasteiger partial charge in [-0.1, -0.05) is 0 Å². The first kappa shape index (κ1) is 13.5. The molecule has 0 fully saturated rings. The van der Waals surface area contributed by atoms with Crippen molar-refractivity contribution in [2.75, 3.05) is 7.05 Å². The van der Waals surface area contributed by atoms with Crippen molar-refractivity contribution in [1.82, 2.24) is 10.3 Å². The SMILES string of the molecule is CNC(C)c1csc(CSc2ccc(F)cc2)n1. The summed E-state index contributed by atoms with van der Waals surface area (Å²) in [7, 11) is 1.93. The fourth-order valence-corrected chi connectivity index (χ4v) is 3.22. The third-order valence-corrected chi connectivity index (χ3v) is 4.70. The number of thioether (sulfide) groups is 1. The van der Waals surface area contributed by atoms with Crippen LogP contribution in [-0.2, 0) is 5.75 Å². The van der Waals surface area contributed by atoms with Crippen LogP contribution in [-0.4, -0.2) is 12.0 Å². The van der Waals surface area contributed by atoms with Crippen molar-refractivity contribution in [2.24, 2.45) is 0 Å². The number of thiazole rings is 1. The highest BCUT2D eigenvalue weighted by molar-refractivity contribution is 7.98. The monoisotopic (exact) mass is 282 g/mol. The van der Waals surface area contributed by atoms with Gasteiger partial charge in [0.25, 0.3) is 0 Å². The first-order valence-corrected chi connectivity index (χ1v) is 7.55. The van der Waals surface area contributed by atoms with Crippen LogP contribution in [0.3, 0.4) is 0 Å². The minimum atomic E-state index is -0.196. The molecule has 0 bridgehead atoms. The zero-order chi connectivity index (χ0) is 13.0. The van der Waals surface area contributed by atoms with Gasteiger partial charge in [0, 0.05) is 16.3 Å². The molecule has 1 aromatic heterocycles. The summed E-state index contributed by atoms with van der Waals surface area (Å²) < 4.78 is 12.8. The maximum atomic E-state index is 12.8. The lowest BCUT2D eigenvalue weighted by Gasteiger charge is -2.04. The number of nitrogens with one attached hydrogen (secondary N) is 1. The summed E-state index contributed by atoms with van der Waals surface area (Å²) in [5, 5.41) is 6.35. The Morgan fingerprint density at radius 3 is 2.78 bits per heavy atom. The van der Waals surface area contributed by atoms with E-state index in [0.717, 1.165) is 21.3 Å².